The number of halogens is 2. The monoisotopic (exact) mass is 501 g/mol. The summed E-state index contributed by atoms with van der Waals surface area (Å²) in [5, 5.41) is 22.6. The molecular weight excluding hydrogens is 489 g/mol. The lowest BCUT2D eigenvalue weighted by molar-refractivity contribution is 0.309. The molecule has 1 N–H and O–H groups in total. The van der Waals surface area contributed by atoms with Crippen molar-refractivity contribution >= 4 is 31.8 Å². The van der Waals surface area contributed by atoms with Crippen LogP contribution in [0, 0.1) is 17.1 Å². The van der Waals surface area contributed by atoms with Crippen LogP contribution in [0.3, 0.4) is 0 Å². The van der Waals surface area contributed by atoms with Crippen molar-refractivity contribution in [1.29, 1.82) is 5.26 Å². The lowest BCUT2D eigenvalue weighted by Crippen LogP contribution is -2.34. The van der Waals surface area contributed by atoms with E-state index in [1.165, 1.54) is 12.1 Å². The van der Waals surface area contributed by atoms with Gasteiger partial charge in [-0.3, -0.25) is 4.52 Å². The van der Waals surface area contributed by atoms with E-state index in [1.54, 1.807) is 6.07 Å². The Bertz CT molecular complexity index is 1260. The van der Waals surface area contributed by atoms with Gasteiger partial charge in [0.05, 0.1) is 22.5 Å². The van der Waals surface area contributed by atoms with Crippen LogP contribution in [-0.2, 0) is 10.0 Å². The molecule has 15 heteroatoms. The number of rotatable bonds is 8. The molecule has 1 aromatic carbocycles. The Labute approximate surface area is 177 Å². The minimum Gasteiger partial charge on any atom is -0.364 e. The molecule has 2 heterocycles. The normalized spacial score (nSPS) is 11.6. The number of hydrogen-bond donors (Lipinski definition) is 1. The van der Waals surface area contributed by atoms with E-state index in [0.29, 0.717) is 0 Å². The second-order valence-corrected chi connectivity index (χ2v) is 8.69. The van der Waals surface area contributed by atoms with Gasteiger partial charge in [0.1, 0.15) is 12.4 Å². The number of nitriles is 1. The van der Waals surface area contributed by atoms with E-state index in [-0.39, 0.29) is 47.1 Å². The highest BCUT2D eigenvalue weighted by Gasteiger charge is 2.23. The first-order valence-corrected chi connectivity index (χ1v) is 10.8. The third-order valence-electron chi connectivity index (χ3n) is 3.84. The zero-order chi connectivity index (χ0) is 21.9. The minimum absolute atomic E-state index is 0.00693. The lowest BCUT2D eigenvalue weighted by atomic mass is 10.3. The number of sulfonamides is 1. The molecule has 0 fully saturated rings. The average Bonchev–Trinajstić information content (AvgIpc) is 3.28. The Balaban J connectivity index is 1.87. The van der Waals surface area contributed by atoms with E-state index in [2.05, 4.69) is 36.7 Å². The fraction of sp³-hybridized carbons (Fsp3) is 0.267. The number of anilines is 1. The van der Waals surface area contributed by atoms with Crippen LogP contribution in [0.25, 0.3) is 17.2 Å². The maximum absolute atomic E-state index is 13.5. The predicted molar refractivity (Wildman–Crippen MR) is 104 cm³/mol. The van der Waals surface area contributed by atoms with Gasteiger partial charge in [-0.1, -0.05) is 5.16 Å². The molecule has 3 rings (SSSR count). The average molecular weight is 502 g/mol. The van der Waals surface area contributed by atoms with Crippen molar-refractivity contribution in [3.8, 4) is 23.3 Å². The standard InChI is InChI=1S/C15H13BrFN7O5S/c1-30(26,27)23(6-4-18)7-5-19-13-12(20-29-21-13)14-22-28-15(25)24(14)9-2-3-11(17)10(16)8-9/h2-3,8H,5-7H2,1H3,(H,19,21). The number of hydrogen-bond acceptors (Lipinski definition) is 10. The Morgan fingerprint density at radius 3 is 2.80 bits per heavy atom. The quantitative estimate of drug-likeness (QED) is 0.440. The molecule has 0 aliphatic heterocycles. The number of nitrogens with zero attached hydrogens (tertiary/aromatic N) is 6. The second kappa shape index (κ2) is 8.73. The van der Waals surface area contributed by atoms with E-state index in [0.717, 1.165) is 21.2 Å². The molecular formula is C15H13BrFN7O5S. The fourth-order valence-electron chi connectivity index (χ4n) is 2.44. The van der Waals surface area contributed by atoms with Crippen molar-refractivity contribution in [1.82, 2.24) is 24.3 Å². The molecule has 0 saturated heterocycles. The van der Waals surface area contributed by atoms with Gasteiger partial charge in [-0.2, -0.15) is 9.57 Å². The predicted octanol–water partition coefficient (Wildman–Crippen LogP) is 0.974. The van der Waals surface area contributed by atoms with E-state index >= 15 is 0 Å². The molecule has 30 heavy (non-hydrogen) atoms. The first-order chi connectivity index (χ1) is 14.2. The Hall–Kier alpha value is -3.09. The van der Waals surface area contributed by atoms with Gasteiger partial charge in [-0.25, -0.2) is 26.8 Å². The maximum atomic E-state index is 13.5. The van der Waals surface area contributed by atoms with Crippen molar-refractivity contribution in [3.63, 3.8) is 0 Å². The molecule has 0 bridgehead atoms. The van der Waals surface area contributed by atoms with E-state index < -0.39 is 21.6 Å². The third kappa shape index (κ3) is 4.56. The van der Waals surface area contributed by atoms with Gasteiger partial charge >= 0.3 is 5.76 Å². The van der Waals surface area contributed by atoms with Crippen LogP contribution < -0.4 is 11.1 Å². The van der Waals surface area contributed by atoms with Gasteiger partial charge in [0.25, 0.3) is 0 Å². The number of nitrogens with one attached hydrogen (secondary N) is 1. The number of aromatic nitrogens is 4. The molecule has 0 aliphatic rings. The van der Waals surface area contributed by atoms with Gasteiger partial charge in [0, 0.05) is 13.1 Å². The van der Waals surface area contributed by atoms with Crippen LogP contribution in [0.15, 0.2) is 36.6 Å². The van der Waals surface area contributed by atoms with Crippen molar-refractivity contribution in [3.05, 3.63) is 39.0 Å². The summed E-state index contributed by atoms with van der Waals surface area (Å²) in [6, 6.07) is 5.62. The van der Waals surface area contributed by atoms with Crippen molar-refractivity contribution in [2.24, 2.45) is 0 Å². The second-order valence-electron chi connectivity index (χ2n) is 5.85. The summed E-state index contributed by atoms with van der Waals surface area (Å²) in [5.41, 5.74) is 0.253. The highest BCUT2D eigenvalue weighted by Crippen LogP contribution is 2.26. The molecule has 0 amide bonds. The summed E-state index contributed by atoms with van der Waals surface area (Å²) < 4.78 is 48.4. The molecule has 3 aromatic rings. The van der Waals surface area contributed by atoms with Crippen molar-refractivity contribution in [2.75, 3.05) is 31.2 Å². The highest BCUT2D eigenvalue weighted by atomic mass is 79.9. The molecule has 0 aliphatic carbocycles. The summed E-state index contributed by atoms with van der Waals surface area (Å²) in [6.07, 6.45) is 0.988. The zero-order valence-electron chi connectivity index (χ0n) is 15.2. The molecule has 2 aromatic heterocycles. The Morgan fingerprint density at radius 1 is 1.37 bits per heavy atom. The molecule has 0 atom stereocenters. The van der Waals surface area contributed by atoms with Crippen LogP contribution in [-0.4, -0.2) is 58.7 Å². The molecule has 0 spiro atoms. The van der Waals surface area contributed by atoms with E-state index in [1.807, 2.05) is 0 Å². The lowest BCUT2D eigenvalue weighted by Gasteiger charge is -2.16. The van der Waals surface area contributed by atoms with Crippen LogP contribution in [0.2, 0.25) is 0 Å². The third-order valence-corrected chi connectivity index (χ3v) is 5.69. The van der Waals surface area contributed by atoms with Crippen molar-refractivity contribution in [2.45, 2.75) is 0 Å². The summed E-state index contributed by atoms with van der Waals surface area (Å²) in [6.45, 7) is -0.290. The van der Waals surface area contributed by atoms with Gasteiger partial charge in [0.15, 0.2) is 5.69 Å². The topological polar surface area (TPSA) is 160 Å². The van der Waals surface area contributed by atoms with Crippen LogP contribution >= 0.6 is 15.9 Å². The molecule has 0 radical (unpaired) electrons. The largest absolute Gasteiger partial charge is 0.446 e. The van der Waals surface area contributed by atoms with E-state index in [4.69, 9.17) is 14.4 Å². The van der Waals surface area contributed by atoms with E-state index in [9.17, 15) is 17.6 Å². The minimum atomic E-state index is -3.57. The highest BCUT2D eigenvalue weighted by molar-refractivity contribution is 9.10. The number of benzene rings is 1. The van der Waals surface area contributed by atoms with Gasteiger partial charge in [-0.05, 0) is 44.4 Å². The fourth-order valence-corrected chi connectivity index (χ4v) is 3.52. The molecule has 12 nitrogen and oxygen atoms in total. The first-order valence-electron chi connectivity index (χ1n) is 8.15. The Morgan fingerprint density at radius 2 is 2.13 bits per heavy atom. The SMILES string of the molecule is CS(=O)(=O)N(CC#N)CCNc1nonc1-c1noc(=O)n1-c1ccc(F)c(Br)c1. The van der Waals surface area contributed by atoms with Crippen molar-refractivity contribution < 1.29 is 22.0 Å². The zero-order valence-corrected chi connectivity index (χ0v) is 17.6. The summed E-state index contributed by atoms with van der Waals surface area (Å²) in [5.74, 6) is -1.39. The molecule has 0 saturated carbocycles. The van der Waals surface area contributed by atoms with Gasteiger partial charge in [0.2, 0.25) is 21.7 Å². The first kappa shape index (κ1) is 21.6. The summed E-state index contributed by atoms with van der Waals surface area (Å²) >= 11 is 3.04. The van der Waals surface area contributed by atoms with Crippen LogP contribution in [0.1, 0.15) is 0 Å². The van der Waals surface area contributed by atoms with Gasteiger partial charge in [-0.15, -0.1) is 0 Å². The summed E-state index contributed by atoms with van der Waals surface area (Å²) in [4.78, 5) is 12.2. The Kier molecular flexibility index (Phi) is 6.29. The smallest absolute Gasteiger partial charge is 0.364 e. The summed E-state index contributed by atoms with van der Waals surface area (Å²) in [7, 11) is -3.57. The van der Waals surface area contributed by atoms with Gasteiger partial charge < -0.3 is 5.32 Å². The van der Waals surface area contributed by atoms with Crippen LogP contribution in [0.4, 0.5) is 10.2 Å². The van der Waals surface area contributed by atoms with Crippen LogP contribution in [0.5, 0.6) is 0 Å². The molecule has 158 valence electrons. The maximum Gasteiger partial charge on any atom is 0.446 e. The molecule has 0 unspecified atom stereocenters.